The number of aliphatic hydroxyl groups is 2. The number of aromatic nitrogens is 8. The number of nitrogens with two attached hydrogens (primary N) is 2. The number of aromatic amines is 2. The number of hydrogen-bond acceptors (Lipinski definition) is 18. The maximum atomic E-state index is 13.1. The van der Waals surface area contributed by atoms with Gasteiger partial charge >= 0.3 is 14.5 Å². The Balaban J connectivity index is 1.18. The molecule has 0 spiro atoms. The minimum absolute atomic E-state index is 0.0685. The van der Waals surface area contributed by atoms with Crippen LogP contribution < -0.4 is 22.6 Å². The highest BCUT2D eigenvalue weighted by atomic mass is 32.5. The molecule has 0 saturated carbocycles. The van der Waals surface area contributed by atoms with Crippen molar-refractivity contribution in [3.8, 4) is 0 Å². The van der Waals surface area contributed by atoms with Crippen LogP contribution in [0.5, 0.6) is 0 Å². The van der Waals surface area contributed by atoms with Gasteiger partial charge in [-0.25, -0.2) is 14.5 Å². The van der Waals surface area contributed by atoms with Crippen LogP contribution in [-0.2, 0) is 43.9 Å². The largest absolute Gasteiger partial charge is 0.472 e. The van der Waals surface area contributed by atoms with Crippen LogP contribution in [0.25, 0.3) is 22.3 Å². The van der Waals surface area contributed by atoms with Crippen LogP contribution in [0.2, 0.25) is 0 Å². The fraction of sp³-hybridized carbons (Fsp3) is 0.500. The van der Waals surface area contributed by atoms with Crippen molar-refractivity contribution in [1.82, 2.24) is 39.0 Å². The van der Waals surface area contributed by atoms with Gasteiger partial charge in [0.15, 0.2) is 34.8 Å². The first-order valence-electron chi connectivity index (χ1n) is 13.1. The molecule has 0 bridgehead atoms. The molecule has 26 heteroatoms. The van der Waals surface area contributed by atoms with Crippen molar-refractivity contribution in [2.75, 3.05) is 24.7 Å². The molecule has 46 heavy (non-hydrogen) atoms. The highest BCUT2D eigenvalue weighted by Crippen LogP contribution is 2.53. The number of anilines is 2. The van der Waals surface area contributed by atoms with E-state index >= 15 is 0 Å². The van der Waals surface area contributed by atoms with Gasteiger partial charge in [0.2, 0.25) is 11.9 Å². The number of nitrogens with one attached hydrogen (secondary N) is 2. The lowest BCUT2D eigenvalue weighted by Gasteiger charge is -2.29. The van der Waals surface area contributed by atoms with Gasteiger partial charge in [0.05, 0.1) is 25.9 Å². The molecular formula is C20H24N10O13P2S. The first-order valence-corrected chi connectivity index (χ1v) is 17.2. The van der Waals surface area contributed by atoms with Crippen LogP contribution >= 0.6 is 14.5 Å². The molecule has 0 amide bonds. The molecule has 3 aliphatic rings. The van der Waals surface area contributed by atoms with Crippen LogP contribution in [0.4, 0.5) is 11.9 Å². The summed E-state index contributed by atoms with van der Waals surface area (Å²) in [6.45, 7) is -5.71. The normalized spacial score (nSPS) is 37.1. The third kappa shape index (κ3) is 5.45. The number of H-pyrrole nitrogens is 2. The SMILES string of the molecule is Nc1nc2c(ncn2C2O[C@@H]3COP(O)(=S)O[C@H]4[C@@H](O)[C@H](n5cnc6c(=O)[nH]c(N)nc65)O[C@@H]4COP(=O)(O)O[C@H]3[C@H]2O)c(=O)[nH]1. The molecular weight excluding hydrogens is 682 g/mol. The van der Waals surface area contributed by atoms with Crippen molar-refractivity contribution < 1.29 is 52.1 Å². The van der Waals surface area contributed by atoms with Gasteiger partial charge in [-0.05, 0) is 11.8 Å². The maximum Gasteiger partial charge on any atom is 0.472 e. The van der Waals surface area contributed by atoms with E-state index in [0.29, 0.717) is 0 Å². The smallest absolute Gasteiger partial charge is 0.386 e. The van der Waals surface area contributed by atoms with Crippen LogP contribution in [0.15, 0.2) is 22.2 Å². The highest BCUT2D eigenvalue weighted by molar-refractivity contribution is 8.07. The van der Waals surface area contributed by atoms with E-state index in [4.69, 9.17) is 50.8 Å². The van der Waals surface area contributed by atoms with E-state index in [1.54, 1.807) is 0 Å². The van der Waals surface area contributed by atoms with Gasteiger partial charge in [-0.1, -0.05) is 0 Å². The zero-order chi connectivity index (χ0) is 32.7. The fourth-order valence-electron chi connectivity index (χ4n) is 5.39. The second kappa shape index (κ2) is 11.2. The lowest BCUT2D eigenvalue weighted by molar-refractivity contribution is -0.0629. The third-order valence-corrected chi connectivity index (χ3v) is 9.93. The number of nitrogen functional groups attached to an aromatic ring is 2. The summed E-state index contributed by atoms with van der Waals surface area (Å²) in [7, 11) is -5.05. The van der Waals surface area contributed by atoms with Crippen LogP contribution in [0, 0.1) is 0 Å². The lowest BCUT2D eigenvalue weighted by Crippen LogP contribution is -2.39. The van der Waals surface area contributed by atoms with Gasteiger partial charge in [0.1, 0.15) is 36.6 Å². The number of phosphoric ester groups is 1. The zero-order valence-corrected chi connectivity index (χ0v) is 25.4. The first-order chi connectivity index (χ1) is 21.7. The molecule has 10 N–H and O–H groups in total. The van der Waals surface area contributed by atoms with Crippen LogP contribution in [-0.4, -0.2) is 109 Å². The number of aliphatic hydroxyl groups excluding tert-OH is 2. The van der Waals surface area contributed by atoms with Gasteiger partial charge < -0.3 is 45.5 Å². The lowest BCUT2D eigenvalue weighted by atomic mass is 10.1. The molecule has 3 aliphatic heterocycles. The number of nitrogens with zero attached hydrogens (tertiary/aromatic N) is 6. The van der Waals surface area contributed by atoms with E-state index in [9.17, 15) is 34.2 Å². The Hall–Kier alpha value is -3.22. The van der Waals surface area contributed by atoms with E-state index in [-0.39, 0.29) is 34.2 Å². The average molecular weight is 706 g/mol. The maximum absolute atomic E-state index is 13.1. The van der Waals surface area contributed by atoms with Crippen LogP contribution in [0.1, 0.15) is 12.5 Å². The Morgan fingerprint density at radius 1 is 0.826 bits per heavy atom. The highest BCUT2D eigenvalue weighted by Gasteiger charge is 2.53. The number of fused-ring (bicyclic) bond motifs is 4. The second-order valence-corrected chi connectivity index (χ2v) is 14.5. The Bertz CT molecular complexity index is 1910. The third-order valence-electron chi connectivity index (χ3n) is 7.38. The van der Waals surface area contributed by atoms with E-state index in [2.05, 4.69) is 29.9 Å². The topological polar surface area (TPSA) is 333 Å². The van der Waals surface area contributed by atoms with Gasteiger partial charge in [-0.3, -0.25) is 42.3 Å². The molecule has 23 nitrogen and oxygen atoms in total. The van der Waals surface area contributed by atoms with Crippen molar-refractivity contribution in [2.24, 2.45) is 0 Å². The van der Waals surface area contributed by atoms with Crippen molar-refractivity contribution >= 4 is 60.6 Å². The minimum atomic E-state index is -5.05. The van der Waals surface area contributed by atoms with E-state index < -0.39 is 88.0 Å². The number of ether oxygens (including phenoxy) is 2. The van der Waals surface area contributed by atoms with Gasteiger partial charge in [0.25, 0.3) is 11.1 Å². The molecule has 0 aromatic carbocycles. The van der Waals surface area contributed by atoms with Crippen LogP contribution in [0.3, 0.4) is 0 Å². The van der Waals surface area contributed by atoms with E-state index in [0.717, 1.165) is 17.2 Å². The molecule has 0 radical (unpaired) electrons. The monoisotopic (exact) mass is 706 g/mol. The first kappa shape index (κ1) is 31.4. The Morgan fingerprint density at radius 3 is 1.78 bits per heavy atom. The molecule has 3 fully saturated rings. The summed E-state index contributed by atoms with van der Waals surface area (Å²) in [5.74, 6) is -0.500. The van der Waals surface area contributed by atoms with E-state index in [1.807, 2.05) is 0 Å². The molecule has 3 saturated heterocycles. The van der Waals surface area contributed by atoms with Gasteiger partial charge in [-0.15, -0.1) is 0 Å². The Labute approximate surface area is 258 Å². The number of rotatable bonds is 2. The van der Waals surface area contributed by atoms with Crippen molar-refractivity contribution in [3.05, 3.63) is 33.4 Å². The predicted octanol–water partition coefficient (Wildman–Crippen LogP) is -2.93. The Morgan fingerprint density at radius 2 is 1.28 bits per heavy atom. The fourth-order valence-corrected chi connectivity index (χ4v) is 7.80. The molecule has 4 aromatic rings. The molecule has 7 heterocycles. The number of hydrogen-bond donors (Lipinski definition) is 8. The Kier molecular flexibility index (Phi) is 7.64. The quantitative estimate of drug-likeness (QED) is 0.0967. The summed E-state index contributed by atoms with van der Waals surface area (Å²) in [6.07, 6.45) is -9.86. The molecule has 0 aliphatic carbocycles. The van der Waals surface area contributed by atoms with Crippen molar-refractivity contribution in [2.45, 2.75) is 49.1 Å². The summed E-state index contributed by atoms with van der Waals surface area (Å²) in [6, 6.07) is 0. The molecule has 3 unspecified atom stereocenters. The summed E-state index contributed by atoms with van der Waals surface area (Å²) in [5, 5.41) is 22.4. The van der Waals surface area contributed by atoms with Crippen molar-refractivity contribution in [3.63, 3.8) is 0 Å². The molecule has 7 rings (SSSR count). The van der Waals surface area contributed by atoms with Gasteiger partial charge in [0, 0.05) is 0 Å². The number of phosphoric acid groups is 1. The molecule has 4 aromatic heterocycles. The summed E-state index contributed by atoms with van der Waals surface area (Å²) < 4.78 is 48.7. The van der Waals surface area contributed by atoms with E-state index in [1.165, 1.54) is 4.57 Å². The number of imidazole rings is 2. The minimum Gasteiger partial charge on any atom is -0.386 e. The molecule has 10 atom stereocenters. The zero-order valence-electron chi connectivity index (χ0n) is 22.8. The average Bonchev–Trinajstić information content (AvgIpc) is 3.72. The summed E-state index contributed by atoms with van der Waals surface area (Å²) >= 11 is 5.17. The second-order valence-electron chi connectivity index (χ2n) is 10.3. The summed E-state index contributed by atoms with van der Waals surface area (Å²) in [5.41, 5.74) is 9.56. The van der Waals surface area contributed by atoms with Gasteiger partial charge in [-0.2, -0.15) is 9.97 Å². The predicted molar refractivity (Wildman–Crippen MR) is 153 cm³/mol. The summed E-state index contributed by atoms with van der Waals surface area (Å²) in [4.78, 5) is 66.6. The standard InChI is InChI=1S/C20H24N10O13P2S/c21-19-25-13-7(15(33)27-19)23-3-29(13)17-9(31)11-6(41-17)2-39-45(37,46)43-12-5(1-38-44(35,36)42-11)40-18(10(12)32)30-4-24-8-14(30)26-20(22)28-16(8)34/h3-6,9-12,17-18,31-32H,1-2H2,(H,35,36)(H,37,46)(H3,21,25,27,33)(H3,22,26,28,34)/t5-,6-,9-,10-,11-,12-,17?,18-,45?/m1/s1. The van der Waals surface area contributed by atoms with Crippen molar-refractivity contribution in [1.29, 1.82) is 0 Å². The molecule has 248 valence electrons.